The third kappa shape index (κ3) is 3.72. The zero-order valence-corrected chi connectivity index (χ0v) is 14.3. The van der Waals surface area contributed by atoms with E-state index in [1.165, 1.54) is 24.3 Å². The maximum Gasteiger partial charge on any atom is 0.434 e. The van der Waals surface area contributed by atoms with Crippen molar-refractivity contribution in [1.29, 1.82) is 0 Å². The first kappa shape index (κ1) is 18.0. The summed E-state index contributed by atoms with van der Waals surface area (Å²) in [5, 5.41) is 0. The van der Waals surface area contributed by atoms with Gasteiger partial charge in [-0.2, -0.15) is 21.6 Å². The summed E-state index contributed by atoms with van der Waals surface area (Å²) in [6.45, 7) is 1.83. The summed E-state index contributed by atoms with van der Waals surface area (Å²) >= 11 is 0. The van der Waals surface area contributed by atoms with Crippen LogP contribution >= 0.6 is 0 Å². The van der Waals surface area contributed by atoms with Gasteiger partial charge < -0.3 is 0 Å². The maximum absolute atomic E-state index is 13.1. The number of nitrogens with zero attached hydrogens (tertiary/aromatic N) is 2. The first-order valence-electron chi connectivity index (χ1n) is 7.48. The van der Waals surface area contributed by atoms with E-state index in [-0.39, 0.29) is 10.7 Å². The van der Waals surface area contributed by atoms with Crippen LogP contribution in [0, 0.1) is 6.92 Å². The van der Waals surface area contributed by atoms with E-state index in [0.29, 0.717) is 11.8 Å². The van der Waals surface area contributed by atoms with Crippen molar-refractivity contribution in [1.82, 2.24) is 9.66 Å². The molecule has 0 radical (unpaired) electrons. The summed E-state index contributed by atoms with van der Waals surface area (Å²) in [6, 6.07) is 13.9. The van der Waals surface area contributed by atoms with E-state index in [1.54, 1.807) is 30.3 Å². The fourth-order valence-electron chi connectivity index (χ4n) is 2.27. The Morgan fingerprint density at radius 3 is 2.19 bits per heavy atom. The second-order valence-electron chi connectivity index (χ2n) is 5.59. The Morgan fingerprint density at radius 1 is 1.00 bits per heavy atom. The molecule has 0 aliphatic rings. The van der Waals surface area contributed by atoms with E-state index < -0.39 is 21.9 Å². The lowest BCUT2D eigenvalue weighted by Crippen LogP contribution is -2.23. The molecule has 1 aromatic heterocycles. The highest BCUT2D eigenvalue weighted by Gasteiger charge is 2.35. The molecule has 0 amide bonds. The van der Waals surface area contributed by atoms with Crippen LogP contribution in [0.3, 0.4) is 0 Å². The number of halogens is 3. The van der Waals surface area contributed by atoms with Gasteiger partial charge in [0.15, 0.2) is 11.5 Å². The number of benzene rings is 2. The Balaban J connectivity index is 2.08. The quantitative estimate of drug-likeness (QED) is 0.748. The Labute approximate surface area is 148 Å². The van der Waals surface area contributed by atoms with Gasteiger partial charge >= 0.3 is 6.18 Å². The molecule has 0 saturated carbocycles. The van der Waals surface area contributed by atoms with Crippen molar-refractivity contribution in [3.05, 3.63) is 72.1 Å². The van der Waals surface area contributed by atoms with Crippen LogP contribution in [-0.2, 0) is 16.2 Å². The highest BCUT2D eigenvalue weighted by atomic mass is 32.2. The molecule has 9 heteroatoms. The summed E-state index contributed by atoms with van der Waals surface area (Å²) in [5.74, 6) is -0.156. The SMILES string of the molecule is Cc1ccc(-c2nc(C(F)(F)F)cn2NS(=O)(=O)c2ccccc2)cc1. The van der Waals surface area contributed by atoms with Gasteiger partial charge in [-0.25, -0.2) is 14.5 Å². The molecule has 3 rings (SSSR count). The zero-order valence-electron chi connectivity index (χ0n) is 13.5. The Bertz CT molecular complexity index is 1010. The Kier molecular flexibility index (Phi) is 4.49. The molecular weight excluding hydrogens is 367 g/mol. The normalized spacial score (nSPS) is 12.2. The summed E-state index contributed by atoms with van der Waals surface area (Å²) in [4.78, 5) is 5.63. The summed E-state index contributed by atoms with van der Waals surface area (Å²) < 4.78 is 64.9. The molecule has 26 heavy (non-hydrogen) atoms. The van der Waals surface area contributed by atoms with Gasteiger partial charge in [-0.1, -0.05) is 48.0 Å². The molecule has 0 fully saturated rings. The summed E-state index contributed by atoms with van der Waals surface area (Å²) in [7, 11) is -4.08. The predicted octanol–water partition coefficient (Wildman–Crippen LogP) is 3.81. The molecule has 2 aromatic carbocycles. The molecule has 136 valence electrons. The number of sulfonamides is 1. The van der Waals surface area contributed by atoms with E-state index in [1.807, 2.05) is 6.92 Å². The lowest BCUT2D eigenvalue weighted by Gasteiger charge is -2.11. The van der Waals surface area contributed by atoms with Crippen LogP contribution < -0.4 is 4.83 Å². The van der Waals surface area contributed by atoms with Gasteiger partial charge in [-0.3, -0.25) is 0 Å². The van der Waals surface area contributed by atoms with Crippen molar-refractivity contribution < 1.29 is 21.6 Å². The fraction of sp³-hybridized carbons (Fsp3) is 0.118. The van der Waals surface area contributed by atoms with Gasteiger partial charge in [-0.05, 0) is 19.1 Å². The number of aryl methyl sites for hydroxylation is 1. The van der Waals surface area contributed by atoms with Gasteiger partial charge in [0.1, 0.15) is 0 Å². The second kappa shape index (κ2) is 6.49. The van der Waals surface area contributed by atoms with Crippen molar-refractivity contribution in [2.75, 3.05) is 4.83 Å². The van der Waals surface area contributed by atoms with Crippen molar-refractivity contribution in [3.8, 4) is 11.4 Å². The van der Waals surface area contributed by atoms with Crippen LogP contribution in [0.4, 0.5) is 13.2 Å². The summed E-state index contributed by atoms with van der Waals surface area (Å²) in [5.41, 5.74) is 0.0680. The standard InChI is InChI=1S/C17H14F3N3O2S/c1-12-7-9-13(10-8-12)16-21-15(17(18,19)20)11-23(16)22-26(24,25)14-5-3-2-4-6-14/h2-11,22H,1H3. The first-order valence-corrected chi connectivity index (χ1v) is 8.97. The average Bonchev–Trinajstić information content (AvgIpc) is 3.00. The van der Waals surface area contributed by atoms with Crippen molar-refractivity contribution in [2.45, 2.75) is 18.0 Å². The van der Waals surface area contributed by atoms with E-state index in [4.69, 9.17) is 0 Å². The molecule has 0 bridgehead atoms. The lowest BCUT2D eigenvalue weighted by molar-refractivity contribution is -0.140. The molecule has 1 N–H and O–H groups in total. The third-order valence-electron chi connectivity index (χ3n) is 3.58. The lowest BCUT2D eigenvalue weighted by atomic mass is 10.1. The topological polar surface area (TPSA) is 64.0 Å². The molecule has 5 nitrogen and oxygen atoms in total. The minimum atomic E-state index is -4.71. The Morgan fingerprint density at radius 2 is 1.62 bits per heavy atom. The smallest absolute Gasteiger partial charge is 0.233 e. The van der Waals surface area contributed by atoms with Gasteiger partial charge in [0.25, 0.3) is 10.0 Å². The number of rotatable bonds is 4. The van der Waals surface area contributed by atoms with Gasteiger partial charge in [0, 0.05) is 5.56 Å². The maximum atomic E-state index is 13.1. The number of hydrogen-bond donors (Lipinski definition) is 1. The zero-order chi connectivity index (χ0) is 18.9. The van der Waals surface area contributed by atoms with Crippen molar-refractivity contribution in [2.24, 2.45) is 0 Å². The minimum Gasteiger partial charge on any atom is -0.233 e. The molecule has 3 aromatic rings. The van der Waals surface area contributed by atoms with E-state index in [2.05, 4.69) is 9.82 Å². The van der Waals surface area contributed by atoms with Crippen LogP contribution in [0.25, 0.3) is 11.4 Å². The third-order valence-corrected chi connectivity index (χ3v) is 4.91. The van der Waals surface area contributed by atoms with Gasteiger partial charge in [0.2, 0.25) is 0 Å². The van der Waals surface area contributed by atoms with Crippen LogP contribution in [0.5, 0.6) is 0 Å². The number of imidazole rings is 1. The van der Waals surface area contributed by atoms with Crippen LogP contribution in [-0.4, -0.2) is 18.1 Å². The van der Waals surface area contributed by atoms with Gasteiger partial charge in [-0.15, -0.1) is 0 Å². The second-order valence-corrected chi connectivity index (χ2v) is 7.25. The molecule has 0 atom stereocenters. The largest absolute Gasteiger partial charge is 0.434 e. The highest BCUT2D eigenvalue weighted by Crippen LogP contribution is 2.31. The molecular formula is C17H14F3N3O2S. The number of alkyl halides is 3. The van der Waals surface area contributed by atoms with Crippen LogP contribution in [0.2, 0.25) is 0 Å². The van der Waals surface area contributed by atoms with Crippen LogP contribution in [0.15, 0.2) is 65.7 Å². The summed E-state index contributed by atoms with van der Waals surface area (Å²) in [6.07, 6.45) is -4.08. The van der Waals surface area contributed by atoms with E-state index in [0.717, 1.165) is 10.2 Å². The van der Waals surface area contributed by atoms with E-state index in [9.17, 15) is 21.6 Å². The minimum absolute atomic E-state index is 0.0721. The van der Waals surface area contributed by atoms with Crippen LogP contribution in [0.1, 0.15) is 11.3 Å². The number of hydrogen-bond acceptors (Lipinski definition) is 3. The van der Waals surface area contributed by atoms with E-state index >= 15 is 0 Å². The predicted molar refractivity (Wildman–Crippen MR) is 90.4 cm³/mol. The number of aromatic nitrogens is 2. The molecule has 1 heterocycles. The monoisotopic (exact) mass is 381 g/mol. The first-order chi connectivity index (χ1) is 12.2. The molecule has 0 aliphatic heterocycles. The average molecular weight is 381 g/mol. The molecule has 0 unspecified atom stereocenters. The Hall–Kier alpha value is -2.81. The molecule has 0 spiro atoms. The highest BCUT2D eigenvalue weighted by molar-refractivity contribution is 7.92. The fourth-order valence-corrected chi connectivity index (χ4v) is 3.29. The van der Waals surface area contributed by atoms with Gasteiger partial charge in [0.05, 0.1) is 11.1 Å². The van der Waals surface area contributed by atoms with Crippen molar-refractivity contribution in [3.63, 3.8) is 0 Å². The van der Waals surface area contributed by atoms with Crippen molar-refractivity contribution >= 4 is 10.0 Å². The molecule has 0 saturated heterocycles. The number of nitrogens with one attached hydrogen (secondary N) is 1. The molecule has 0 aliphatic carbocycles.